The summed E-state index contributed by atoms with van der Waals surface area (Å²) in [5.74, 6) is 0.515. The van der Waals surface area contributed by atoms with Crippen molar-refractivity contribution in [2.45, 2.75) is 130 Å². The summed E-state index contributed by atoms with van der Waals surface area (Å²) < 4.78 is 5.02. The molecule has 0 bridgehead atoms. The predicted molar refractivity (Wildman–Crippen MR) is 140 cm³/mol. The smallest absolute Gasteiger partial charge is 0.333 e. The molecular weight excluding hydrogens is 422 g/mol. The number of rotatable bonds is 23. The highest BCUT2D eigenvalue weighted by Gasteiger charge is 2.04. The molecule has 0 heterocycles. The van der Waals surface area contributed by atoms with Crippen LogP contribution in [0.3, 0.4) is 0 Å². The molecule has 192 valence electrons. The fourth-order valence-corrected chi connectivity index (χ4v) is 3.79. The molecule has 32 heavy (non-hydrogen) atoms. The fraction of sp³-hybridized carbons (Fsp3) is 0.889. The second-order valence-electron chi connectivity index (χ2n) is 9.71. The van der Waals surface area contributed by atoms with Gasteiger partial charge < -0.3 is 9.94 Å². The van der Waals surface area contributed by atoms with Crippen molar-refractivity contribution < 1.29 is 14.7 Å². The van der Waals surface area contributed by atoms with Crippen molar-refractivity contribution in [3.8, 4) is 0 Å². The van der Waals surface area contributed by atoms with E-state index in [0.717, 1.165) is 12.3 Å². The van der Waals surface area contributed by atoms with Gasteiger partial charge in [0.05, 0.1) is 6.61 Å². The number of hydrogen-bond acceptors (Lipinski definition) is 4. The van der Waals surface area contributed by atoms with Gasteiger partial charge in [-0.2, -0.15) is 5.06 Å². The highest BCUT2D eigenvalue weighted by Crippen LogP contribution is 2.15. The van der Waals surface area contributed by atoms with Gasteiger partial charge in [-0.25, -0.2) is 4.79 Å². The summed E-state index contributed by atoms with van der Waals surface area (Å²) in [7, 11) is 0. The van der Waals surface area contributed by atoms with Gasteiger partial charge >= 0.3 is 5.97 Å². The number of ether oxygens (including phenoxy) is 1. The molecular formula is C27H54ClNO3. The minimum absolute atomic E-state index is 0. The Hall–Kier alpha value is -0.580. The minimum Gasteiger partial charge on any atom is -0.462 e. The molecule has 0 aromatic rings. The number of hydrogen-bond donors (Lipinski definition) is 1. The predicted octanol–water partition coefficient (Wildman–Crippen LogP) is 8.51. The maximum Gasteiger partial charge on any atom is 0.333 e. The highest BCUT2D eigenvalue weighted by atomic mass is 35.5. The van der Waals surface area contributed by atoms with Crippen LogP contribution in [0.5, 0.6) is 0 Å². The Morgan fingerprint density at radius 2 is 1.12 bits per heavy atom. The minimum atomic E-state index is -0.354. The van der Waals surface area contributed by atoms with Crippen LogP contribution in [0.15, 0.2) is 12.2 Å². The third-order valence-corrected chi connectivity index (χ3v) is 5.84. The van der Waals surface area contributed by atoms with Crippen LogP contribution in [0.4, 0.5) is 0 Å². The van der Waals surface area contributed by atoms with E-state index in [1.54, 1.807) is 6.92 Å². The van der Waals surface area contributed by atoms with E-state index < -0.39 is 0 Å². The number of hydroxylamine groups is 2. The van der Waals surface area contributed by atoms with Crippen molar-refractivity contribution in [3.05, 3.63) is 12.2 Å². The lowest BCUT2D eigenvalue weighted by Crippen LogP contribution is -2.23. The van der Waals surface area contributed by atoms with Gasteiger partial charge in [-0.05, 0) is 25.7 Å². The van der Waals surface area contributed by atoms with Crippen LogP contribution in [0, 0.1) is 5.92 Å². The summed E-state index contributed by atoms with van der Waals surface area (Å²) in [4.78, 5) is 11.2. The molecule has 0 saturated heterocycles. The molecule has 0 radical (unpaired) electrons. The van der Waals surface area contributed by atoms with E-state index in [4.69, 9.17) is 4.74 Å². The zero-order valence-corrected chi connectivity index (χ0v) is 22.4. The summed E-state index contributed by atoms with van der Waals surface area (Å²) in [5, 5.41) is 11.2. The van der Waals surface area contributed by atoms with E-state index in [-0.39, 0.29) is 18.4 Å². The van der Waals surface area contributed by atoms with E-state index in [1.165, 1.54) is 101 Å². The third-order valence-electron chi connectivity index (χ3n) is 5.84. The quantitative estimate of drug-likeness (QED) is 0.0696. The monoisotopic (exact) mass is 475 g/mol. The van der Waals surface area contributed by atoms with E-state index in [0.29, 0.717) is 31.7 Å². The van der Waals surface area contributed by atoms with Gasteiger partial charge in [-0.1, -0.05) is 117 Å². The van der Waals surface area contributed by atoms with Gasteiger partial charge in [-0.15, -0.1) is 12.4 Å². The van der Waals surface area contributed by atoms with Crippen LogP contribution in [0.1, 0.15) is 130 Å². The molecule has 4 nitrogen and oxygen atoms in total. The molecule has 0 saturated carbocycles. The second kappa shape index (κ2) is 25.1. The van der Waals surface area contributed by atoms with Crippen LogP contribution in [-0.4, -0.2) is 35.9 Å². The fourth-order valence-electron chi connectivity index (χ4n) is 3.79. The zero-order chi connectivity index (χ0) is 23.2. The third kappa shape index (κ3) is 25.7. The van der Waals surface area contributed by atoms with Gasteiger partial charge in [0.2, 0.25) is 0 Å². The first-order valence-electron chi connectivity index (χ1n) is 13.2. The Kier molecular flexibility index (Phi) is 26.3. The lowest BCUT2D eigenvalue weighted by molar-refractivity contribution is -0.140. The van der Waals surface area contributed by atoms with Crippen molar-refractivity contribution >= 4 is 18.4 Å². The normalized spacial score (nSPS) is 11.1. The van der Waals surface area contributed by atoms with E-state index in [2.05, 4.69) is 20.4 Å². The first kappa shape index (κ1) is 33.6. The molecule has 0 aliphatic rings. The van der Waals surface area contributed by atoms with Gasteiger partial charge in [0.1, 0.15) is 0 Å². The van der Waals surface area contributed by atoms with E-state index in [1.807, 2.05) is 0 Å². The summed E-state index contributed by atoms with van der Waals surface area (Å²) >= 11 is 0. The Labute approximate surface area is 205 Å². The SMILES string of the molecule is C=C(C)C(=O)OCCCN(O)CCCCCCCCCCCCCCCCCC(C)C.Cl. The van der Waals surface area contributed by atoms with Crippen LogP contribution in [0.25, 0.3) is 0 Å². The van der Waals surface area contributed by atoms with Gasteiger partial charge in [0.15, 0.2) is 0 Å². The number of carbonyl (C=O) groups excluding carboxylic acids is 1. The van der Waals surface area contributed by atoms with Crippen molar-refractivity contribution in [2.24, 2.45) is 5.92 Å². The molecule has 0 rings (SSSR count). The Balaban J connectivity index is 0. The number of halogens is 1. The van der Waals surface area contributed by atoms with Crippen molar-refractivity contribution in [1.82, 2.24) is 5.06 Å². The molecule has 0 aromatic heterocycles. The van der Waals surface area contributed by atoms with Gasteiger partial charge in [-0.3, -0.25) is 0 Å². The molecule has 1 N–H and O–H groups in total. The van der Waals surface area contributed by atoms with Crippen molar-refractivity contribution in [2.75, 3.05) is 19.7 Å². The Bertz CT molecular complexity index is 429. The van der Waals surface area contributed by atoms with Crippen LogP contribution in [-0.2, 0) is 9.53 Å². The second-order valence-corrected chi connectivity index (χ2v) is 9.71. The highest BCUT2D eigenvalue weighted by molar-refractivity contribution is 5.86. The largest absolute Gasteiger partial charge is 0.462 e. The van der Waals surface area contributed by atoms with E-state index in [9.17, 15) is 10.0 Å². The zero-order valence-electron chi connectivity index (χ0n) is 21.5. The molecule has 0 aliphatic carbocycles. The number of carbonyl (C=O) groups is 1. The Morgan fingerprint density at radius 1 is 0.750 bits per heavy atom. The summed E-state index contributed by atoms with van der Waals surface area (Å²) in [6.45, 7) is 11.4. The van der Waals surface area contributed by atoms with Crippen LogP contribution >= 0.6 is 12.4 Å². The first-order valence-corrected chi connectivity index (χ1v) is 13.2. The molecule has 0 amide bonds. The van der Waals surface area contributed by atoms with Gasteiger partial charge in [0, 0.05) is 18.7 Å². The molecule has 0 unspecified atom stereocenters. The molecule has 0 atom stereocenters. The molecule has 5 heteroatoms. The topological polar surface area (TPSA) is 49.8 Å². The lowest BCUT2D eigenvalue weighted by Gasteiger charge is -2.14. The molecule has 0 aliphatic heterocycles. The van der Waals surface area contributed by atoms with Gasteiger partial charge in [0.25, 0.3) is 0 Å². The Morgan fingerprint density at radius 3 is 1.53 bits per heavy atom. The van der Waals surface area contributed by atoms with Crippen LogP contribution in [0.2, 0.25) is 0 Å². The molecule has 0 spiro atoms. The van der Waals surface area contributed by atoms with Crippen molar-refractivity contribution in [1.29, 1.82) is 0 Å². The maximum absolute atomic E-state index is 11.2. The standard InChI is InChI=1S/C27H53NO3.ClH/c1-25(2)21-18-16-14-12-10-8-6-5-7-9-11-13-15-17-19-22-28(30)23-20-24-31-27(29)26(3)4;/h25,30H,3,5-24H2,1-2,4H3;1H. The first-order chi connectivity index (χ1) is 14.9. The lowest BCUT2D eigenvalue weighted by atomic mass is 10.0. The summed E-state index contributed by atoms with van der Waals surface area (Å²) in [5.41, 5.74) is 0.416. The number of esters is 1. The maximum atomic E-state index is 11.2. The number of unbranched alkanes of at least 4 members (excludes halogenated alkanes) is 14. The molecule has 0 fully saturated rings. The number of nitrogens with zero attached hydrogens (tertiary/aromatic N) is 1. The summed E-state index contributed by atoms with van der Waals surface area (Å²) in [6.07, 6.45) is 22.4. The van der Waals surface area contributed by atoms with E-state index >= 15 is 0 Å². The summed E-state index contributed by atoms with van der Waals surface area (Å²) in [6, 6.07) is 0. The van der Waals surface area contributed by atoms with Crippen LogP contribution < -0.4 is 0 Å². The average Bonchev–Trinajstić information content (AvgIpc) is 2.72. The van der Waals surface area contributed by atoms with Crippen molar-refractivity contribution in [3.63, 3.8) is 0 Å². The molecule has 0 aromatic carbocycles. The average molecular weight is 476 g/mol.